The maximum absolute atomic E-state index is 4.13. The molecule has 0 amide bonds. The quantitative estimate of drug-likeness (QED) is 0.392. The molecule has 0 saturated heterocycles. The molecule has 0 spiro atoms. The second-order valence-electron chi connectivity index (χ2n) is 13.0. The minimum absolute atomic E-state index is 0.644. The zero-order valence-electron chi connectivity index (χ0n) is 20.4. The van der Waals surface area contributed by atoms with Gasteiger partial charge in [0, 0.05) is 0 Å². The molecular weight excluding hydrogens is 348 g/mol. The third-order valence-corrected chi connectivity index (χ3v) is 11.2. The Hall–Kier alpha value is -0.260. The second-order valence-corrected chi connectivity index (χ2v) is 13.0. The van der Waals surface area contributed by atoms with E-state index in [4.69, 9.17) is 0 Å². The molecule has 0 heterocycles. The van der Waals surface area contributed by atoms with Crippen LogP contribution < -0.4 is 0 Å². The molecule has 4 aliphatic rings. The fraction of sp³-hybridized carbons (Fsp3) is 0.931. The Labute approximate surface area is 182 Å². The third-order valence-electron chi connectivity index (χ3n) is 11.2. The Bertz CT molecular complexity index is 575. The SMILES string of the molecule is C=CC1CCC2(C)C(CCC3C2CCC2(C)C(C(C)CCCC(C)C)CCC32)C1. The highest BCUT2D eigenvalue weighted by atomic mass is 14.6. The molecule has 0 bridgehead atoms. The molecule has 166 valence electrons. The standard InChI is InChI=1S/C29H50/c1-7-22-15-17-28(5)23(19-22)11-12-24-26-14-13-25(21(4)10-8-9-20(2)3)29(26,6)18-16-27(24)28/h7,20-27H,1,8-19H2,2-6H3. The van der Waals surface area contributed by atoms with Crippen LogP contribution in [0.25, 0.3) is 0 Å². The monoisotopic (exact) mass is 398 g/mol. The van der Waals surface area contributed by atoms with Gasteiger partial charge in [0.1, 0.15) is 0 Å². The van der Waals surface area contributed by atoms with E-state index in [0.717, 1.165) is 47.3 Å². The van der Waals surface area contributed by atoms with E-state index in [9.17, 15) is 0 Å². The van der Waals surface area contributed by atoms with Crippen LogP contribution in [0.4, 0.5) is 0 Å². The Morgan fingerprint density at radius 3 is 2.31 bits per heavy atom. The van der Waals surface area contributed by atoms with Crippen molar-refractivity contribution in [3.05, 3.63) is 12.7 Å². The van der Waals surface area contributed by atoms with Gasteiger partial charge in [-0.1, -0.05) is 60.0 Å². The summed E-state index contributed by atoms with van der Waals surface area (Å²) in [7, 11) is 0. The predicted octanol–water partition coefficient (Wildman–Crippen LogP) is 8.91. The molecule has 0 aromatic rings. The van der Waals surface area contributed by atoms with Gasteiger partial charge in [0.2, 0.25) is 0 Å². The lowest BCUT2D eigenvalue weighted by Gasteiger charge is -2.61. The van der Waals surface area contributed by atoms with Crippen molar-refractivity contribution in [2.45, 2.75) is 112 Å². The molecule has 9 unspecified atom stereocenters. The Morgan fingerprint density at radius 1 is 0.862 bits per heavy atom. The average molecular weight is 399 g/mol. The lowest BCUT2D eigenvalue weighted by atomic mass is 9.44. The molecular formula is C29H50. The van der Waals surface area contributed by atoms with Crippen molar-refractivity contribution in [3.8, 4) is 0 Å². The van der Waals surface area contributed by atoms with Crippen LogP contribution in [0.3, 0.4) is 0 Å². The molecule has 4 fully saturated rings. The van der Waals surface area contributed by atoms with Crippen molar-refractivity contribution in [1.29, 1.82) is 0 Å². The van der Waals surface area contributed by atoms with Gasteiger partial charge in [0.05, 0.1) is 0 Å². The Balaban J connectivity index is 1.46. The molecule has 4 aliphatic carbocycles. The lowest BCUT2D eigenvalue weighted by molar-refractivity contribution is -0.118. The number of hydrogen-bond acceptors (Lipinski definition) is 0. The van der Waals surface area contributed by atoms with Crippen molar-refractivity contribution < 1.29 is 0 Å². The summed E-state index contributed by atoms with van der Waals surface area (Å²) in [6.45, 7) is 17.0. The smallest absolute Gasteiger partial charge is 0.0233 e. The molecule has 0 N–H and O–H groups in total. The molecule has 4 saturated carbocycles. The molecule has 0 heteroatoms. The van der Waals surface area contributed by atoms with E-state index in [2.05, 4.69) is 47.3 Å². The van der Waals surface area contributed by atoms with E-state index in [1.54, 1.807) is 19.3 Å². The average Bonchev–Trinajstić information content (AvgIpc) is 3.04. The molecule has 29 heavy (non-hydrogen) atoms. The first-order valence-electron chi connectivity index (χ1n) is 13.4. The first kappa shape index (κ1) is 22.0. The normalized spacial score (nSPS) is 47.9. The second kappa shape index (κ2) is 8.35. The maximum atomic E-state index is 4.13. The molecule has 0 aliphatic heterocycles. The molecule has 9 atom stereocenters. The van der Waals surface area contributed by atoms with Crippen molar-refractivity contribution in [2.24, 2.45) is 58.2 Å². The fourth-order valence-corrected chi connectivity index (χ4v) is 9.53. The summed E-state index contributed by atoms with van der Waals surface area (Å²) in [6, 6.07) is 0. The number of allylic oxidation sites excluding steroid dienone is 1. The van der Waals surface area contributed by atoms with Gasteiger partial charge >= 0.3 is 0 Å². The summed E-state index contributed by atoms with van der Waals surface area (Å²) in [4.78, 5) is 0. The molecule has 0 nitrogen and oxygen atoms in total. The molecule has 0 radical (unpaired) electrons. The number of fused-ring (bicyclic) bond motifs is 5. The molecule has 0 aromatic heterocycles. The summed E-state index contributed by atoms with van der Waals surface area (Å²) in [5, 5.41) is 0. The lowest BCUT2D eigenvalue weighted by Crippen LogP contribution is -2.53. The van der Waals surface area contributed by atoms with Gasteiger partial charge < -0.3 is 0 Å². The Morgan fingerprint density at radius 2 is 1.59 bits per heavy atom. The van der Waals surface area contributed by atoms with E-state index in [-0.39, 0.29) is 0 Å². The van der Waals surface area contributed by atoms with E-state index < -0.39 is 0 Å². The third kappa shape index (κ3) is 3.78. The van der Waals surface area contributed by atoms with Gasteiger partial charge in [0.15, 0.2) is 0 Å². The summed E-state index contributed by atoms with van der Waals surface area (Å²) < 4.78 is 0. The Kier molecular flexibility index (Phi) is 6.32. The summed E-state index contributed by atoms with van der Waals surface area (Å²) in [6.07, 6.45) is 20.2. The van der Waals surface area contributed by atoms with Crippen molar-refractivity contribution in [3.63, 3.8) is 0 Å². The van der Waals surface area contributed by atoms with E-state index in [1.807, 2.05) is 0 Å². The number of rotatable bonds is 6. The highest BCUT2D eigenvalue weighted by Crippen LogP contribution is 2.68. The molecule has 4 rings (SSSR count). The van der Waals surface area contributed by atoms with Crippen LogP contribution >= 0.6 is 0 Å². The van der Waals surface area contributed by atoms with E-state index >= 15 is 0 Å². The van der Waals surface area contributed by atoms with Gasteiger partial charge in [0.25, 0.3) is 0 Å². The summed E-state index contributed by atoms with van der Waals surface area (Å²) >= 11 is 0. The minimum Gasteiger partial charge on any atom is -0.103 e. The van der Waals surface area contributed by atoms with Crippen LogP contribution in [0.1, 0.15) is 112 Å². The highest BCUT2D eigenvalue weighted by molar-refractivity contribution is 5.10. The van der Waals surface area contributed by atoms with Gasteiger partial charge in [-0.15, -0.1) is 6.58 Å². The van der Waals surface area contributed by atoms with Gasteiger partial charge in [-0.3, -0.25) is 0 Å². The highest BCUT2D eigenvalue weighted by Gasteiger charge is 2.60. The maximum Gasteiger partial charge on any atom is -0.0233 e. The first-order valence-corrected chi connectivity index (χ1v) is 13.4. The first-order chi connectivity index (χ1) is 13.8. The number of hydrogen-bond donors (Lipinski definition) is 0. The van der Waals surface area contributed by atoms with Crippen LogP contribution in [-0.2, 0) is 0 Å². The van der Waals surface area contributed by atoms with E-state index in [1.165, 1.54) is 57.8 Å². The van der Waals surface area contributed by atoms with Crippen LogP contribution in [-0.4, -0.2) is 0 Å². The van der Waals surface area contributed by atoms with Gasteiger partial charge in [-0.05, 0) is 116 Å². The van der Waals surface area contributed by atoms with Crippen molar-refractivity contribution in [2.75, 3.05) is 0 Å². The predicted molar refractivity (Wildman–Crippen MR) is 127 cm³/mol. The van der Waals surface area contributed by atoms with Gasteiger partial charge in [-0.2, -0.15) is 0 Å². The fourth-order valence-electron chi connectivity index (χ4n) is 9.53. The van der Waals surface area contributed by atoms with Crippen LogP contribution in [0.15, 0.2) is 12.7 Å². The van der Waals surface area contributed by atoms with Crippen molar-refractivity contribution in [1.82, 2.24) is 0 Å². The van der Waals surface area contributed by atoms with Crippen LogP contribution in [0.2, 0.25) is 0 Å². The zero-order chi connectivity index (χ0) is 20.8. The topological polar surface area (TPSA) is 0 Å². The largest absolute Gasteiger partial charge is 0.103 e. The van der Waals surface area contributed by atoms with Crippen LogP contribution in [0.5, 0.6) is 0 Å². The summed E-state index contributed by atoms with van der Waals surface area (Å²) in [5.74, 6) is 7.71. The summed E-state index contributed by atoms with van der Waals surface area (Å²) in [5.41, 5.74) is 1.30. The minimum atomic E-state index is 0.644. The molecule has 0 aromatic carbocycles. The van der Waals surface area contributed by atoms with E-state index in [0.29, 0.717) is 10.8 Å². The zero-order valence-corrected chi connectivity index (χ0v) is 20.4. The van der Waals surface area contributed by atoms with Gasteiger partial charge in [-0.25, -0.2) is 0 Å². The van der Waals surface area contributed by atoms with Crippen LogP contribution in [0, 0.1) is 58.2 Å². The van der Waals surface area contributed by atoms with Crippen molar-refractivity contribution >= 4 is 0 Å².